The molecule has 1 saturated carbocycles. The molecule has 64 valence electrons. The lowest BCUT2D eigenvalue weighted by atomic mass is 10.7. The summed E-state index contributed by atoms with van der Waals surface area (Å²) < 4.78 is 3.05. The molecule has 0 atom stereocenters. The van der Waals surface area contributed by atoms with Gasteiger partial charge in [0.1, 0.15) is 6.33 Å². The Morgan fingerprint density at radius 3 is 3.00 bits per heavy atom. The maximum atomic E-state index is 11.5. The zero-order valence-electron chi connectivity index (χ0n) is 6.97. The van der Waals surface area contributed by atoms with Crippen LogP contribution in [-0.2, 0) is 0 Å². The fourth-order valence-electron chi connectivity index (χ4n) is 1.16. The Balaban J connectivity index is 2.40. The van der Waals surface area contributed by atoms with Crippen LogP contribution in [0.5, 0.6) is 0 Å². The molecule has 2 rings (SSSR count). The van der Waals surface area contributed by atoms with Crippen LogP contribution < -0.4 is 5.69 Å². The summed E-state index contributed by atoms with van der Waals surface area (Å²) in [5, 5.41) is 4.01. The van der Waals surface area contributed by atoms with Gasteiger partial charge in [-0.3, -0.25) is 4.57 Å². The van der Waals surface area contributed by atoms with Crippen molar-refractivity contribution in [3.05, 3.63) is 22.9 Å². The van der Waals surface area contributed by atoms with E-state index in [1.165, 1.54) is 4.57 Å². The Morgan fingerprint density at radius 1 is 1.67 bits per heavy atom. The normalized spacial score (nSPS) is 17.4. The molecule has 0 unspecified atom stereocenters. The lowest BCUT2D eigenvalue weighted by molar-refractivity contribution is 0.613. The van der Waals surface area contributed by atoms with Gasteiger partial charge in [0.15, 0.2) is 0 Å². The summed E-state index contributed by atoms with van der Waals surface area (Å²) in [4.78, 5) is 11.5. The highest BCUT2D eigenvalue weighted by molar-refractivity contribution is 5.18. The fraction of sp³-hybridized carbons (Fsp3) is 0.500. The van der Waals surface area contributed by atoms with Gasteiger partial charge < -0.3 is 0 Å². The van der Waals surface area contributed by atoms with Gasteiger partial charge in [0.05, 0.1) is 6.04 Å². The molecule has 0 aromatic carbocycles. The van der Waals surface area contributed by atoms with Crippen LogP contribution in [-0.4, -0.2) is 14.3 Å². The van der Waals surface area contributed by atoms with Gasteiger partial charge in [-0.25, -0.2) is 9.48 Å². The van der Waals surface area contributed by atoms with Crippen LogP contribution in [0.3, 0.4) is 0 Å². The molecule has 0 aliphatic heterocycles. The summed E-state index contributed by atoms with van der Waals surface area (Å²) in [7, 11) is 0. The van der Waals surface area contributed by atoms with Crippen LogP contribution >= 0.6 is 0 Å². The van der Waals surface area contributed by atoms with Crippen molar-refractivity contribution in [2.45, 2.75) is 25.8 Å². The number of allylic oxidation sites excluding steroid dienone is 1. The molecule has 0 bridgehead atoms. The highest BCUT2D eigenvalue weighted by Crippen LogP contribution is 2.32. The Kier molecular flexibility index (Phi) is 1.60. The van der Waals surface area contributed by atoms with Crippen LogP contribution in [0.1, 0.15) is 25.8 Å². The highest BCUT2D eigenvalue weighted by Gasteiger charge is 2.26. The van der Waals surface area contributed by atoms with Gasteiger partial charge in [-0.1, -0.05) is 6.08 Å². The third kappa shape index (κ3) is 1.09. The first-order chi connectivity index (χ1) is 5.83. The number of rotatable bonds is 2. The summed E-state index contributed by atoms with van der Waals surface area (Å²) in [5.41, 5.74) is -0.0319. The predicted octanol–water partition coefficient (Wildman–Crippen LogP) is 0.870. The van der Waals surface area contributed by atoms with Gasteiger partial charge in [0, 0.05) is 6.20 Å². The van der Waals surface area contributed by atoms with Crippen molar-refractivity contribution < 1.29 is 0 Å². The van der Waals surface area contributed by atoms with E-state index >= 15 is 0 Å². The van der Waals surface area contributed by atoms with E-state index in [-0.39, 0.29) is 5.69 Å². The van der Waals surface area contributed by atoms with Crippen LogP contribution in [0.15, 0.2) is 17.2 Å². The van der Waals surface area contributed by atoms with Crippen molar-refractivity contribution in [2.24, 2.45) is 0 Å². The second kappa shape index (κ2) is 2.62. The molecule has 1 aliphatic rings. The monoisotopic (exact) mass is 165 g/mol. The molecule has 12 heavy (non-hydrogen) atoms. The number of hydrogen-bond donors (Lipinski definition) is 0. The van der Waals surface area contributed by atoms with Gasteiger partial charge in [-0.05, 0) is 19.8 Å². The second-order valence-electron chi connectivity index (χ2n) is 2.98. The maximum absolute atomic E-state index is 11.5. The van der Waals surface area contributed by atoms with Crippen molar-refractivity contribution in [3.8, 4) is 0 Å². The molecule has 0 saturated heterocycles. The number of aromatic nitrogens is 3. The van der Waals surface area contributed by atoms with E-state index in [1.54, 1.807) is 17.2 Å². The number of hydrogen-bond acceptors (Lipinski definition) is 2. The topological polar surface area (TPSA) is 39.8 Å². The summed E-state index contributed by atoms with van der Waals surface area (Å²) in [6, 6.07) is 0.365. The van der Waals surface area contributed by atoms with E-state index in [0.29, 0.717) is 6.04 Å². The lowest BCUT2D eigenvalue weighted by Crippen LogP contribution is -2.21. The molecular weight excluding hydrogens is 154 g/mol. The lowest BCUT2D eigenvalue weighted by Gasteiger charge is -1.90. The van der Waals surface area contributed by atoms with Crippen molar-refractivity contribution in [3.63, 3.8) is 0 Å². The SMILES string of the molecule is C/C=C/n1cnn(C2CC2)c1=O. The van der Waals surface area contributed by atoms with Crippen LogP contribution in [0.25, 0.3) is 6.20 Å². The third-order valence-electron chi connectivity index (χ3n) is 1.92. The molecule has 4 heteroatoms. The summed E-state index contributed by atoms with van der Waals surface area (Å²) in [6.45, 7) is 1.88. The Labute approximate surface area is 70.1 Å². The first-order valence-corrected chi connectivity index (χ1v) is 4.11. The van der Waals surface area contributed by atoms with E-state index in [2.05, 4.69) is 5.10 Å². The van der Waals surface area contributed by atoms with Crippen molar-refractivity contribution in [2.75, 3.05) is 0 Å². The average Bonchev–Trinajstić information content (AvgIpc) is 2.82. The number of nitrogens with zero attached hydrogens (tertiary/aromatic N) is 3. The molecule has 1 aliphatic carbocycles. The average molecular weight is 165 g/mol. The highest BCUT2D eigenvalue weighted by atomic mass is 16.2. The van der Waals surface area contributed by atoms with Crippen molar-refractivity contribution in [1.29, 1.82) is 0 Å². The molecule has 1 aromatic rings. The minimum absolute atomic E-state index is 0.0319. The first kappa shape index (κ1) is 7.34. The molecule has 4 nitrogen and oxygen atoms in total. The minimum atomic E-state index is -0.0319. The Bertz CT molecular complexity index is 357. The van der Waals surface area contributed by atoms with Gasteiger partial charge >= 0.3 is 5.69 Å². The van der Waals surface area contributed by atoms with Gasteiger partial charge in [-0.15, -0.1) is 0 Å². The summed E-state index contributed by atoms with van der Waals surface area (Å²) >= 11 is 0. The second-order valence-corrected chi connectivity index (χ2v) is 2.98. The molecule has 0 N–H and O–H groups in total. The van der Waals surface area contributed by atoms with Crippen LogP contribution in [0.2, 0.25) is 0 Å². The van der Waals surface area contributed by atoms with E-state index < -0.39 is 0 Å². The largest absolute Gasteiger partial charge is 0.350 e. The molecular formula is C8H11N3O. The summed E-state index contributed by atoms with van der Waals surface area (Å²) in [6.07, 6.45) is 7.27. The smallest absolute Gasteiger partial charge is 0.257 e. The van der Waals surface area contributed by atoms with Crippen LogP contribution in [0, 0.1) is 0 Å². The minimum Gasteiger partial charge on any atom is -0.257 e. The molecule has 0 spiro atoms. The van der Waals surface area contributed by atoms with E-state index in [4.69, 9.17) is 0 Å². The standard InChI is InChI=1S/C8H11N3O/c1-2-5-10-6-9-11(8(10)12)7-3-4-7/h2,5-7H,3-4H2,1H3/b5-2+. The van der Waals surface area contributed by atoms with Crippen LogP contribution in [0.4, 0.5) is 0 Å². The zero-order chi connectivity index (χ0) is 8.55. The first-order valence-electron chi connectivity index (χ1n) is 4.11. The van der Waals surface area contributed by atoms with Crippen molar-refractivity contribution >= 4 is 6.20 Å². The van der Waals surface area contributed by atoms with E-state index in [9.17, 15) is 4.79 Å². The Hall–Kier alpha value is -1.32. The fourth-order valence-corrected chi connectivity index (χ4v) is 1.16. The zero-order valence-corrected chi connectivity index (χ0v) is 6.97. The van der Waals surface area contributed by atoms with E-state index in [0.717, 1.165) is 12.8 Å². The third-order valence-corrected chi connectivity index (χ3v) is 1.92. The van der Waals surface area contributed by atoms with E-state index in [1.807, 2.05) is 13.0 Å². The van der Waals surface area contributed by atoms with Gasteiger partial charge in [0.2, 0.25) is 0 Å². The van der Waals surface area contributed by atoms with Crippen molar-refractivity contribution in [1.82, 2.24) is 14.3 Å². The molecule has 0 radical (unpaired) electrons. The maximum Gasteiger partial charge on any atom is 0.350 e. The van der Waals surface area contributed by atoms with Gasteiger partial charge in [-0.2, -0.15) is 5.10 Å². The molecule has 1 aromatic heterocycles. The van der Waals surface area contributed by atoms with Gasteiger partial charge in [0.25, 0.3) is 0 Å². The quantitative estimate of drug-likeness (QED) is 0.652. The summed E-state index contributed by atoms with van der Waals surface area (Å²) in [5.74, 6) is 0. The molecule has 1 heterocycles. The molecule has 1 fully saturated rings. The predicted molar refractivity (Wildman–Crippen MR) is 45.8 cm³/mol. The Morgan fingerprint density at radius 2 is 2.42 bits per heavy atom. The molecule has 0 amide bonds.